The van der Waals surface area contributed by atoms with Crippen molar-refractivity contribution < 1.29 is 4.79 Å². The molecule has 0 aliphatic rings. The van der Waals surface area contributed by atoms with Gasteiger partial charge in [0, 0.05) is 11.3 Å². The van der Waals surface area contributed by atoms with Crippen LogP contribution in [-0.2, 0) is 4.79 Å². The molecule has 1 nitrogen and oxygen atoms in total. The number of rotatable bonds is 4. The fraction of sp³-hybridized carbons (Fsp3) is 0.909. The lowest BCUT2D eigenvalue weighted by Gasteiger charge is -2.26. The van der Waals surface area contributed by atoms with Crippen LogP contribution in [0.5, 0.6) is 0 Å². The molecule has 0 heterocycles. The van der Waals surface area contributed by atoms with E-state index >= 15 is 0 Å². The van der Waals surface area contributed by atoms with Crippen molar-refractivity contribution in [1.29, 1.82) is 0 Å². The minimum absolute atomic E-state index is 0.137. The SMILES string of the molecule is CC(C)CC(C)(C)C(=O)C(C)C. The number of carbonyl (C=O) groups excluding carboxylic acids is 1. The second-order valence-corrected chi connectivity index (χ2v) is 5.00. The van der Waals surface area contributed by atoms with E-state index in [0.29, 0.717) is 11.7 Å². The zero-order valence-corrected chi connectivity index (χ0v) is 9.27. The van der Waals surface area contributed by atoms with Crippen LogP contribution in [0.4, 0.5) is 0 Å². The van der Waals surface area contributed by atoms with Crippen molar-refractivity contribution in [3.8, 4) is 0 Å². The monoisotopic (exact) mass is 170 g/mol. The molecule has 0 aromatic rings. The smallest absolute Gasteiger partial charge is 0.141 e. The highest BCUT2D eigenvalue weighted by Crippen LogP contribution is 2.29. The summed E-state index contributed by atoms with van der Waals surface area (Å²) in [4.78, 5) is 11.7. The van der Waals surface area contributed by atoms with Crippen LogP contribution in [0.15, 0.2) is 0 Å². The van der Waals surface area contributed by atoms with Crippen molar-refractivity contribution in [2.24, 2.45) is 17.3 Å². The van der Waals surface area contributed by atoms with Crippen molar-refractivity contribution >= 4 is 5.78 Å². The largest absolute Gasteiger partial charge is 0.299 e. The van der Waals surface area contributed by atoms with E-state index in [1.54, 1.807) is 0 Å². The van der Waals surface area contributed by atoms with E-state index in [1.165, 1.54) is 0 Å². The Kier molecular flexibility index (Phi) is 3.95. The minimum Gasteiger partial charge on any atom is -0.299 e. The number of carbonyl (C=O) groups is 1. The predicted molar refractivity (Wildman–Crippen MR) is 53.1 cm³/mol. The molecule has 0 aliphatic heterocycles. The molecule has 0 saturated heterocycles. The Balaban J connectivity index is 4.29. The number of Topliss-reactive ketones (excluding diaryl/α,β-unsaturated/α-hetero) is 1. The van der Waals surface area contributed by atoms with Gasteiger partial charge in [-0.25, -0.2) is 0 Å². The van der Waals surface area contributed by atoms with Gasteiger partial charge < -0.3 is 0 Å². The zero-order chi connectivity index (χ0) is 9.94. The third kappa shape index (κ3) is 3.38. The molecular formula is C11H22O. The fourth-order valence-electron chi connectivity index (χ4n) is 1.90. The lowest BCUT2D eigenvalue weighted by Crippen LogP contribution is -2.29. The van der Waals surface area contributed by atoms with Gasteiger partial charge in [-0.05, 0) is 12.3 Å². The molecule has 0 aliphatic carbocycles. The van der Waals surface area contributed by atoms with Crippen LogP contribution in [0.1, 0.15) is 48.0 Å². The van der Waals surface area contributed by atoms with Crippen molar-refractivity contribution in [3.05, 3.63) is 0 Å². The van der Waals surface area contributed by atoms with Gasteiger partial charge in [-0.3, -0.25) is 4.79 Å². The van der Waals surface area contributed by atoms with Crippen LogP contribution >= 0.6 is 0 Å². The minimum atomic E-state index is -0.137. The van der Waals surface area contributed by atoms with Gasteiger partial charge >= 0.3 is 0 Å². The van der Waals surface area contributed by atoms with Crippen molar-refractivity contribution in [3.63, 3.8) is 0 Å². The first-order chi connectivity index (χ1) is 5.27. The normalized spacial score (nSPS) is 12.7. The van der Waals surface area contributed by atoms with Crippen LogP contribution in [-0.4, -0.2) is 5.78 Å². The summed E-state index contributed by atoms with van der Waals surface area (Å²) in [6, 6.07) is 0. The molecule has 0 rings (SSSR count). The summed E-state index contributed by atoms with van der Waals surface area (Å²) in [5.41, 5.74) is -0.137. The maximum atomic E-state index is 11.7. The van der Waals surface area contributed by atoms with Gasteiger partial charge in [0.1, 0.15) is 5.78 Å². The maximum Gasteiger partial charge on any atom is 0.141 e. The predicted octanol–water partition coefficient (Wildman–Crippen LogP) is 3.28. The Morgan fingerprint density at radius 1 is 1.17 bits per heavy atom. The molecule has 0 bridgehead atoms. The molecule has 12 heavy (non-hydrogen) atoms. The van der Waals surface area contributed by atoms with Crippen LogP contribution in [0.25, 0.3) is 0 Å². The lowest BCUT2D eigenvalue weighted by atomic mass is 9.76. The van der Waals surface area contributed by atoms with Gasteiger partial charge in [0.25, 0.3) is 0 Å². The molecule has 0 spiro atoms. The quantitative estimate of drug-likeness (QED) is 0.632. The van der Waals surface area contributed by atoms with Gasteiger partial charge in [-0.15, -0.1) is 0 Å². The second kappa shape index (κ2) is 4.06. The Bertz CT molecular complexity index is 154. The molecule has 1 heteroatoms. The van der Waals surface area contributed by atoms with Gasteiger partial charge in [-0.2, -0.15) is 0 Å². The maximum absolute atomic E-state index is 11.7. The van der Waals surface area contributed by atoms with E-state index in [4.69, 9.17) is 0 Å². The third-order valence-electron chi connectivity index (χ3n) is 2.11. The Morgan fingerprint density at radius 2 is 1.58 bits per heavy atom. The Hall–Kier alpha value is -0.330. The van der Waals surface area contributed by atoms with E-state index in [1.807, 2.05) is 13.8 Å². The fourth-order valence-corrected chi connectivity index (χ4v) is 1.90. The Morgan fingerprint density at radius 3 is 1.83 bits per heavy atom. The molecule has 0 aromatic carbocycles. The van der Waals surface area contributed by atoms with E-state index in [-0.39, 0.29) is 11.3 Å². The number of ketones is 1. The van der Waals surface area contributed by atoms with E-state index < -0.39 is 0 Å². The van der Waals surface area contributed by atoms with Crippen molar-refractivity contribution in [1.82, 2.24) is 0 Å². The zero-order valence-electron chi connectivity index (χ0n) is 9.27. The molecule has 0 aromatic heterocycles. The molecule has 72 valence electrons. The topological polar surface area (TPSA) is 17.1 Å². The van der Waals surface area contributed by atoms with Gasteiger partial charge in [-0.1, -0.05) is 41.5 Å². The third-order valence-corrected chi connectivity index (χ3v) is 2.11. The highest BCUT2D eigenvalue weighted by Gasteiger charge is 2.29. The summed E-state index contributed by atoms with van der Waals surface area (Å²) in [5.74, 6) is 1.15. The van der Waals surface area contributed by atoms with Crippen LogP contribution in [0.3, 0.4) is 0 Å². The summed E-state index contributed by atoms with van der Waals surface area (Å²) < 4.78 is 0. The summed E-state index contributed by atoms with van der Waals surface area (Å²) in [6.07, 6.45) is 0.990. The van der Waals surface area contributed by atoms with Crippen molar-refractivity contribution in [2.45, 2.75) is 48.0 Å². The highest BCUT2D eigenvalue weighted by molar-refractivity contribution is 5.85. The molecule has 0 N–H and O–H groups in total. The standard InChI is InChI=1S/C11H22O/c1-8(2)7-11(5,6)10(12)9(3)4/h8-9H,7H2,1-6H3. The molecule has 0 fully saturated rings. The summed E-state index contributed by atoms with van der Waals surface area (Å²) >= 11 is 0. The molecule has 0 atom stereocenters. The number of hydrogen-bond donors (Lipinski definition) is 0. The molecular weight excluding hydrogens is 148 g/mol. The average molecular weight is 170 g/mol. The molecule has 0 amide bonds. The summed E-state index contributed by atoms with van der Waals surface area (Å²) in [7, 11) is 0. The van der Waals surface area contributed by atoms with E-state index in [2.05, 4.69) is 27.7 Å². The van der Waals surface area contributed by atoms with E-state index in [0.717, 1.165) is 6.42 Å². The summed E-state index contributed by atoms with van der Waals surface area (Å²) in [6.45, 7) is 12.4. The first-order valence-corrected chi connectivity index (χ1v) is 4.81. The van der Waals surface area contributed by atoms with Crippen LogP contribution in [0, 0.1) is 17.3 Å². The van der Waals surface area contributed by atoms with Crippen molar-refractivity contribution in [2.75, 3.05) is 0 Å². The Labute approximate surface area is 76.6 Å². The second-order valence-electron chi connectivity index (χ2n) is 5.00. The summed E-state index contributed by atoms with van der Waals surface area (Å²) in [5, 5.41) is 0. The lowest BCUT2D eigenvalue weighted by molar-refractivity contribution is -0.131. The van der Waals surface area contributed by atoms with Gasteiger partial charge in [0.15, 0.2) is 0 Å². The van der Waals surface area contributed by atoms with Crippen LogP contribution < -0.4 is 0 Å². The highest BCUT2D eigenvalue weighted by atomic mass is 16.1. The van der Waals surface area contributed by atoms with Gasteiger partial charge in [0.2, 0.25) is 0 Å². The number of hydrogen-bond acceptors (Lipinski definition) is 1. The first kappa shape index (κ1) is 11.7. The van der Waals surface area contributed by atoms with Gasteiger partial charge in [0.05, 0.1) is 0 Å². The molecule has 0 unspecified atom stereocenters. The van der Waals surface area contributed by atoms with Crippen LogP contribution in [0.2, 0.25) is 0 Å². The average Bonchev–Trinajstić information content (AvgIpc) is 1.82. The first-order valence-electron chi connectivity index (χ1n) is 4.81. The molecule has 0 saturated carbocycles. The van der Waals surface area contributed by atoms with E-state index in [9.17, 15) is 4.79 Å². The molecule has 0 radical (unpaired) electrons.